The van der Waals surface area contributed by atoms with E-state index >= 15 is 0 Å². The molecule has 7 heteroatoms. The van der Waals surface area contributed by atoms with E-state index < -0.39 is 4.92 Å². The first-order valence-electron chi connectivity index (χ1n) is 5.36. The first kappa shape index (κ1) is 12.0. The van der Waals surface area contributed by atoms with E-state index in [1.165, 1.54) is 6.20 Å². The average Bonchev–Trinajstić information content (AvgIpc) is 2.76. The van der Waals surface area contributed by atoms with E-state index in [2.05, 4.69) is 15.3 Å². The summed E-state index contributed by atoms with van der Waals surface area (Å²) in [4.78, 5) is 18.1. The highest BCUT2D eigenvalue weighted by Gasteiger charge is 2.18. The predicted octanol–water partition coefficient (Wildman–Crippen LogP) is 2.46. The summed E-state index contributed by atoms with van der Waals surface area (Å²) in [5.41, 5.74) is 0.339. The van der Waals surface area contributed by atoms with Crippen LogP contribution in [0.25, 0.3) is 0 Å². The molecule has 18 heavy (non-hydrogen) atoms. The second-order valence-electron chi connectivity index (χ2n) is 3.81. The topological polar surface area (TPSA) is 94.1 Å². The molecule has 0 saturated carbocycles. The number of rotatable bonds is 4. The van der Waals surface area contributed by atoms with Crippen LogP contribution >= 0.6 is 0 Å². The molecule has 2 rings (SSSR count). The zero-order valence-corrected chi connectivity index (χ0v) is 9.95. The Morgan fingerprint density at radius 3 is 2.89 bits per heavy atom. The third kappa shape index (κ3) is 2.45. The fourth-order valence-corrected chi connectivity index (χ4v) is 1.52. The third-order valence-corrected chi connectivity index (χ3v) is 2.34. The smallest absolute Gasteiger partial charge is 0.386 e. The van der Waals surface area contributed by atoms with E-state index in [1.807, 2.05) is 6.92 Å². The number of hydrogen-bond donors (Lipinski definition) is 1. The second kappa shape index (κ2) is 4.82. The summed E-state index contributed by atoms with van der Waals surface area (Å²) < 4.78 is 5.35. The minimum atomic E-state index is -0.532. The molecule has 0 fully saturated rings. The van der Waals surface area contributed by atoms with Gasteiger partial charge in [0.25, 0.3) is 0 Å². The molecule has 0 aliphatic heterocycles. The van der Waals surface area contributed by atoms with Crippen molar-refractivity contribution in [2.24, 2.45) is 0 Å². The highest BCUT2D eigenvalue weighted by atomic mass is 16.6. The standard InChI is InChI=1S/C11H12N4O3/c1-7-6-13-11(18-7)8(2)14-9-4-3-5-12-10(9)15(16)17/h3-6,8,14H,1-2H3. The Bertz CT molecular complexity index is 567. The molecule has 1 unspecified atom stereocenters. The maximum absolute atomic E-state index is 10.8. The lowest BCUT2D eigenvalue weighted by Gasteiger charge is -2.11. The Hall–Kier alpha value is -2.44. The van der Waals surface area contributed by atoms with Crippen molar-refractivity contribution in [3.8, 4) is 0 Å². The molecule has 0 radical (unpaired) electrons. The van der Waals surface area contributed by atoms with Gasteiger partial charge in [-0.25, -0.2) is 4.98 Å². The number of oxazole rings is 1. The lowest BCUT2D eigenvalue weighted by Crippen LogP contribution is -2.09. The van der Waals surface area contributed by atoms with E-state index in [9.17, 15) is 10.1 Å². The molecule has 0 aliphatic rings. The van der Waals surface area contributed by atoms with Gasteiger partial charge in [0.2, 0.25) is 5.89 Å². The van der Waals surface area contributed by atoms with Crippen LogP contribution in [-0.2, 0) is 0 Å². The zero-order valence-electron chi connectivity index (χ0n) is 9.95. The summed E-state index contributed by atoms with van der Waals surface area (Å²) in [6, 6.07) is 2.95. The van der Waals surface area contributed by atoms with Crippen molar-refractivity contribution < 1.29 is 9.34 Å². The van der Waals surface area contributed by atoms with Crippen LogP contribution in [0, 0.1) is 17.0 Å². The van der Waals surface area contributed by atoms with Crippen LogP contribution in [-0.4, -0.2) is 14.9 Å². The lowest BCUT2D eigenvalue weighted by atomic mass is 10.3. The van der Waals surface area contributed by atoms with Gasteiger partial charge in [-0.1, -0.05) is 0 Å². The third-order valence-electron chi connectivity index (χ3n) is 2.34. The molecule has 2 aromatic heterocycles. The van der Waals surface area contributed by atoms with Crippen molar-refractivity contribution in [3.63, 3.8) is 0 Å². The fourth-order valence-electron chi connectivity index (χ4n) is 1.52. The Kier molecular flexibility index (Phi) is 3.22. The number of anilines is 1. The van der Waals surface area contributed by atoms with Gasteiger partial charge in [-0.05, 0) is 35.9 Å². The minimum Gasteiger partial charge on any atom is -0.444 e. The SMILES string of the molecule is Cc1cnc(C(C)Nc2cccnc2[N+](=O)[O-])o1. The van der Waals surface area contributed by atoms with E-state index in [1.54, 1.807) is 25.3 Å². The number of hydrogen-bond acceptors (Lipinski definition) is 6. The summed E-state index contributed by atoms with van der Waals surface area (Å²) in [6.45, 7) is 3.59. The Balaban J connectivity index is 2.21. The van der Waals surface area contributed by atoms with Crippen LogP contribution in [0.2, 0.25) is 0 Å². The van der Waals surface area contributed by atoms with Gasteiger partial charge in [0.1, 0.15) is 23.7 Å². The largest absolute Gasteiger partial charge is 0.444 e. The monoisotopic (exact) mass is 248 g/mol. The lowest BCUT2D eigenvalue weighted by molar-refractivity contribution is -0.388. The molecule has 0 amide bonds. The molecule has 0 saturated heterocycles. The van der Waals surface area contributed by atoms with Crippen LogP contribution in [0.1, 0.15) is 24.6 Å². The van der Waals surface area contributed by atoms with Crippen molar-refractivity contribution in [1.29, 1.82) is 0 Å². The average molecular weight is 248 g/mol. The highest BCUT2D eigenvalue weighted by Crippen LogP contribution is 2.25. The maximum atomic E-state index is 10.8. The normalized spacial score (nSPS) is 12.1. The van der Waals surface area contributed by atoms with Gasteiger partial charge in [0.15, 0.2) is 0 Å². The van der Waals surface area contributed by atoms with Gasteiger partial charge in [-0.15, -0.1) is 0 Å². The summed E-state index contributed by atoms with van der Waals surface area (Å²) in [5, 5.41) is 13.8. The molecule has 1 atom stereocenters. The molecular weight excluding hydrogens is 236 g/mol. The van der Waals surface area contributed by atoms with Gasteiger partial charge in [0, 0.05) is 0 Å². The molecule has 2 heterocycles. The van der Waals surface area contributed by atoms with Crippen molar-refractivity contribution in [3.05, 3.63) is 46.3 Å². The summed E-state index contributed by atoms with van der Waals surface area (Å²) >= 11 is 0. The van der Waals surface area contributed by atoms with Crippen molar-refractivity contribution in [2.75, 3.05) is 5.32 Å². The van der Waals surface area contributed by atoms with Crippen LogP contribution in [0.4, 0.5) is 11.5 Å². The van der Waals surface area contributed by atoms with Gasteiger partial charge in [-0.3, -0.25) is 0 Å². The number of nitrogens with one attached hydrogen (secondary N) is 1. The summed E-state index contributed by atoms with van der Waals surface area (Å²) in [7, 11) is 0. The first-order chi connectivity index (χ1) is 8.58. The van der Waals surface area contributed by atoms with Gasteiger partial charge >= 0.3 is 5.82 Å². The number of aryl methyl sites for hydroxylation is 1. The predicted molar refractivity (Wildman–Crippen MR) is 64.2 cm³/mol. The number of nitrogens with zero attached hydrogens (tertiary/aromatic N) is 3. The van der Waals surface area contributed by atoms with Crippen LogP contribution in [0.15, 0.2) is 28.9 Å². The van der Waals surface area contributed by atoms with E-state index in [0.29, 0.717) is 17.3 Å². The first-order valence-corrected chi connectivity index (χ1v) is 5.36. The maximum Gasteiger partial charge on any atom is 0.386 e. The molecule has 0 aromatic carbocycles. The van der Waals surface area contributed by atoms with E-state index in [0.717, 1.165) is 0 Å². The van der Waals surface area contributed by atoms with E-state index in [4.69, 9.17) is 4.42 Å². The molecule has 2 aromatic rings. The van der Waals surface area contributed by atoms with Crippen LogP contribution in [0.5, 0.6) is 0 Å². The van der Waals surface area contributed by atoms with Gasteiger partial charge < -0.3 is 19.8 Å². The van der Waals surface area contributed by atoms with E-state index in [-0.39, 0.29) is 11.9 Å². The molecule has 0 spiro atoms. The quantitative estimate of drug-likeness (QED) is 0.659. The number of aromatic nitrogens is 2. The Morgan fingerprint density at radius 1 is 1.50 bits per heavy atom. The zero-order chi connectivity index (χ0) is 13.1. The second-order valence-corrected chi connectivity index (χ2v) is 3.81. The molecular formula is C11H12N4O3. The fraction of sp³-hybridized carbons (Fsp3) is 0.273. The highest BCUT2D eigenvalue weighted by molar-refractivity contribution is 5.57. The molecule has 7 nitrogen and oxygen atoms in total. The molecule has 0 bridgehead atoms. The Labute approximate surface area is 103 Å². The van der Waals surface area contributed by atoms with Crippen LogP contribution < -0.4 is 5.32 Å². The van der Waals surface area contributed by atoms with Gasteiger partial charge in [-0.2, -0.15) is 0 Å². The molecule has 1 N–H and O–H groups in total. The van der Waals surface area contributed by atoms with Crippen molar-refractivity contribution in [1.82, 2.24) is 9.97 Å². The molecule has 0 aliphatic carbocycles. The summed E-state index contributed by atoms with van der Waals surface area (Å²) in [5.74, 6) is 0.956. The number of pyridine rings is 1. The summed E-state index contributed by atoms with van der Waals surface area (Å²) in [6.07, 6.45) is 2.98. The van der Waals surface area contributed by atoms with Crippen molar-refractivity contribution >= 4 is 11.5 Å². The number of nitro groups is 1. The van der Waals surface area contributed by atoms with Crippen LogP contribution in [0.3, 0.4) is 0 Å². The minimum absolute atomic E-state index is 0.215. The van der Waals surface area contributed by atoms with Crippen molar-refractivity contribution in [2.45, 2.75) is 19.9 Å². The van der Waals surface area contributed by atoms with Gasteiger partial charge in [0.05, 0.1) is 6.20 Å². The molecule has 94 valence electrons. The Morgan fingerprint density at radius 2 is 2.28 bits per heavy atom.